The Bertz CT molecular complexity index is 1970. The minimum atomic E-state index is 0. The van der Waals surface area contributed by atoms with Crippen LogP contribution < -0.4 is 0 Å². The van der Waals surface area contributed by atoms with Gasteiger partial charge in [0.25, 0.3) is 0 Å². The van der Waals surface area contributed by atoms with Crippen LogP contribution in [0.2, 0.25) is 0 Å². The van der Waals surface area contributed by atoms with E-state index in [0.717, 1.165) is 33.1 Å². The number of benzene rings is 4. The third kappa shape index (κ3) is 8.73. The number of nitrogens with zero attached hydrogens (tertiary/aromatic N) is 3. The summed E-state index contributed by atoms with van der Waals surface area (Å²) in [6.07, 6.45) is 5.49. The summed E-state index contributed by atoms with van der Waals surface area (Å²) in [6.45, 7) is 0. The summed E-state index contributed by atoms with van der Waals surface area (Å²) >= 11 is 1.67. The molecule has 0 bridgehead atoms. The molecular weight excluding hydrogens is 927 g/mol. The number of hydrogen-bond acceptors (Lipinski definition) is 4. The van der Waals surface area contributed by atoms with Crippen LogP contribution in [0.25, 0.3) is 54.6 Å². The molecule has 0 amide bonds. The van der Waals surface area contributed by atoms with E-state index in [1.165, 1.54) is 21.5 Å². The average Bonchev–Trinajstić information content (AvgIpc) is 3.65. The molecule has 0 saturated carbocycles. The molecule has 0 aliphatic carbocycles. The molecule has 4 aromatic heterocycles. The average molecular weight is 953 g/mol. The Labute approximate surface area is 294 Å². The van der Waals surface area contributed by atoms with Crippen LogP contribution in [-0.2, 0) is 40.2 Å². The van der Waals surface area contributed by atoms with Gasteiger partial charge in [-0.15, -0.1) is 77.2 Å². The molecule has 0 aliphatic heterocycles. The van der Waals surface area contributed by atoms with Crippen molar-refractivity contribution < 1.29 is 40.2 Å². The van der Waals surface area contributed by atoms with Gasteiger partial charge in [0.1, 0.15) is 0 Å². The zero-order chi connectivity index (χ0) is 29.1. The number of fused-ring (bicyclic) bond motifs is 2. The minimum absolute atomic E-state index is 0. The van der Waals surface area contributed by atoms with Gasteiger partial charge >= 0.3 is 0 Å². The second-order valence-electron chi connectivity index (χ2n) is 9.42. The number of thiophene rings is 1. The summed E-state index contributed by atoms with van der Waals surface area (Å²) in [7, 11) is 0. The molecular formula is C39H26Ir2N3S-3. The first-order chi connectivity index (χ1) is 21.4. The molecule has 0 fully saturated rings. The second-order valence-corrected chi connectivity index (χ2v) is 10.3. The summed E-state index contributed by atoms with van der Waals surface area (Å²) in [5.41, 5.74) is 5.08. The van der Waals surface area contributed by atoms with Gasteiger partial charge in [0.2, 0.25) is 0 Å². The van der Waals surface area contributed by atoms with Crippen LogP contribution in [-0.4, -0.2) is 15.0 Å². The molecule has 2 radical (unpaired) electrons. The van der Waals surface area contributed by atoms with Crippen molar-refractivity contribution in [3.63, 3.8) is 0 Å². The second kappa shape index (κ2) is 17.4. The Balaban J connectivity index is 0.000000152. The smallest absolute Gasteiger partial charge is 0.0167 e. The Morgan fingerprint density at radius 1 is 0.444 bits per heavy atom. The van der Waals surface area contributed by atoms with E-state index in [0.29, 0.717) is 0 Å². The van der Waals surface area contributed by atoms with Gasteiger partial charge < -0.3 is 15.0 Å². The van der Waals surface area contributed by atoms with Crippen molar-refractivity contribution in [3.05, 3.63) is 176 Å². The Morgan fingerprint density at radius 3 is 1.60 bits per heavy atom. The summed E-state index contributed by atoms with van der Waals surface area (Å²) in [5, 5.41) is 6.83. The van der Waals surface area contributed by atoms with Crippen molar-refractivity contribution in [1.82, 2.24) is 15.0 Å². The van der Waals surface area contributed by atoms with Gasteiger partial charge in [0.05, 0.1) is 0 Å². The van der Waals surface area contributed by atoms with Gasteiger partial charge in [-0.25, -0.2) is 11.3 Å². The van der Waals surface area contributed by atoms with Crippen LogP contribution in [0.5, 0.6) is 0 Å². The zero-order valence-electron chi connectivity index (χ0n) is 23.9. The summed E-state index contributed by atoms with van der Waals surface area (Å²) in [4.78, 5) is 14.2. The van der Waals surface area contributed by atoms with E-state index in [1.807, 2.05) is 127 Å². The van der Waals surface area contributed by atoms with Crippen molar-refractivity contribution in [2.24, 2.45) is 0 Å². The first kappa shape index (κ1) is 33.7. The van der Waals surface area contributed by atoms with Crippen LogP contribution in [0.15, 0.2) is 157 Å². The molecule has 45 heavy (non-hydrogen) atoms. The molecule has 4 aromatic carbocycles. The predicted molar refractivity (Wildman–Crippen MR) is 178 cm³/mol. The van der Waals surface area contributed by atoms with Crippen molar-refractivity contribution in [1.29, 1.82) is 0 Å². The van der Waals surface area contributed by atoms with Gasteiger partial charge in [-0.05, 0) is 56.8 Å². The largest absolute Gasteiger partial charge is 0.318 e. The Hall–Kier alpha value is -4.15. The molecule has 0 saturated heterocycles. The number of aromatic nitrogens is 3. The van der Waals surface area contributed by atoms with Gasteiger partial charge in [-0.3, -0.25) is 0 Å². The maximum absolute atomic E-state index is 4.45. The molecule has 0 unspecified atom stereocenters. The predicted octanol–water partition coefficient (Wildman–Crippen LogP) is 10.0. The Kier molecular flexibility index (Phi) is 13.0. The normalized spacial score (nSPS) is 9.87. The summed E-state index contributed by atoms with van der Waals surface area (Å²) in [6, 6.07) is 53.7. The third-order valence-electron chi connectivity index (χ3n) is 6.64. The van der Waals surface area contributed by atoms with Crippen LogP contribution >= 0.6 is 11.3 Å². The molecule has 0 spiro atoms. The summed E-state index contributed by atoms with van der Waals surface area (Å²) < 4.78 is 0. The van der Waals surface area contributed by atoms with Crippen molar-refractivity contribution >= 4 is 32.9 Å². The van der Waals surface area contributed by atoms with Crippen molar-refractivity contribution in [2.45, 2.75) is 0 Å². The van der Waals surface area contributed by atoms with E-state index >= 15 is 0 Å². The molecule has 8 rings (SSSR count). The zero-order valence-corrected chi connectivity index (χ0v) is 29.5. The monoisotopic (exact) mass is 954 g/mol. The van der Waals surface area contributed by atoms with E-state index in [4.69, 9.17) is 0 Å². The quantitative estimate of drug-likeness (QED) is 0.166. The molecule has 4 heterocycles. The van der Waals surface area contributed by atoms with Crippen molar-refractivity contribution in [3.8, 4) is 33.1 Å². The standard InChI is InChI=1S/C15H10N.C13H8NS.C11H8N.2Ir/c1-2-7-13(8-3-1)15-14-9-5-4-6-12(14)10-11-16-15;1-2-5-11-10(4-1)7-8-14-13(11)12-6-3-9-15-12;1-2-6-10(7-3-1)11-8-4-5-9-12-11;;/h1-7,9-11H;1-5,7-9H;1-6,8-9H;;/q3*-1;;. The Morgan fingerprint density at radius 2 is 1.02 bits per heavy atom. The van der Waals surface area contributed by atoms with Crippen LogP contribution in [0.3, 0.4) is 0 Å². The molecule has 0 aliphatic rings. The first-order valence-corrected chi connectivity index (χ1v) is 14.7. The molecule has 224 valence electrons. The maximum atomic E-state index is 4.45. The van der Waals surface area contributed by atoms with E-state index in [2.05, 4.69) is 57.4 Å². The molecule has 0 atom stereocenters. The van der Waals surface area contributed by atoms with Gasteiger partial charge in [0.15, 0.2) is 0 Å². The van der Waals surface area contributed by atoms with E-state index in [9.17, 15) is 0 Å². The van der Waals surface area contributed by atoms with Crippen molar-refractivity contribution in [2.75, 3.05) is 0 Å². The fraction of sp³-hybridized carbons (Fsp3) is 0. The van der Waals surface area contributed by atoms with Crippen LogP contribution in [0, 0.1) is 18.2 Å². The number of rotatable bonds is 3. The van der Waals surface area contributed by atoms with E-state index < -0.39 is 0 Å². The number of hydrogen-bond donors (Lipinski definition) is 0. The van der Waals surface area contributed by atoms with Crippen LogP contribution in [0.4, 0.5) is 0 Å². The minimum Gasteiger partial charge on any atom is -0.318 e. The van der Waals surface area contributed by atoms with E-state index in [1.54, 1.807) is 17.5 Å². The van der Waals surface area contributed by atoms with Gasteiger partial charge in [0, 0.05) is 58.8 Å². The summed E-state index contributed by atoms with van der Waals surface area (Å²) in [5.74, 6) is 0. The van der Waals surface area contributed by atoms with Gasteiger partial charge in [-0.1, -0.05) is 65.5 Å². The SMILES string of the molecule is [Ir].[Ir].[c-]1ccccc1-c1ccccn1.[c-]1ccccc1-c1nccc2ccccc12.[c-]1ccsc1-c1nccc2ccccc12. The third-order valence-corrected chi connectivity index (χ3v) is 7.46. The van der Waals surface area contributed by atoms with Crippen LogP contribution in [0.1, 0.15) is 0 Å². The molecule has 6 heteroatoms. The molecule has 8 aromatic rings. The molecule has 0 N–H and O–H groups in total. The maximum Gasteiger partial charge on any atom is 0.0167 e. The van der Waals surface area contributed by atoms with E-state index in [-0.39, 0.29) is 40.2 Å². The number of pyridine rings is 3. The first-order valence-electron chi connectivity index (χ1n) is 13.8. The van der Waals surface area contributed by atoms with Gasteiger partial charge in [-0.2, -0.15) is 12.1 Å². The molecule has 3 nitrogen and oxygen atoms in total. The fourth-order valence-corrected chi connectivity index (χ4v) is 5.30. The fourth-order valence-electron chi connectivity index (χ4n) is 4.62. The topological polar surface area (TPSA) is 38.7 Å².